The summed E-state index contributed by atoms with van der Waals surface area (Å²) in [5, 5.41) is 3.77. The lowest BCUT2D eigenvalue weighted by Crippen LogP contribution is -2.33. The van der Waals surface area contributed by atoms with Crippen LogP contribution in [0, 0.1) is 0 Å². The molecule has 0 aromatic heterocycles. The zero-order chi connectivity index (χ0) is 13.1. The molecule has 0 aliphatic carbocycles. The Balaban J connectivity index is 0.00000180. The molecule has 1 aromatic rings. The average Bonchev–Trinajstić information content (AvgIpc) is 2.69. The molecule has 106 valence electrons. The maximum Gasteiger partial charge on any atom is 0.238 e. The van der Waals surface area contributed by atoms with Crippen LogP contribution in [-0.4, -0.2) is 36.5 Å². The fourth-order valence-electron chi connectivity index (χ4n) is 1.99. The van der Waals surface area contributed by atoms with Crippen LogP contribution in [0.15, 0.2) is 18.2 Å². The number of anilines is 1. The standard InChI is InChI=1S/C12H15Cl2N3O.ClH/c13-8-1-2-10(14)11(5-8)16-12(18)7-17-4-3-9(15)6-17;/h1-2,5,9H,3-4,6-7,15H2,(H,16,18);1H/t9-;/m0./s1. The summed E-state index contributed by atoms with van der Waals surface area (Å²) in [5.74, 6) is -0.103. The lowest BCUT2D eigenvalue weighted by atomic mass is 10.3. The molecular formula is C12H16Cl3N3O. The Morgan fingerprint density at radius 1 is 1.47 bits per heavy atom. The average molecular weight is 325 g/mol. The summed E-state index contributed by atoms with van der Waals surface area (Å²) in [6.07, 6.45) is 0.936. The maximum atomic E-state index is 11.8. The monoisotopic (exact) mass is 323 g/mol. The van der Waals surface area contributed by atoms with Crippen molar-refractivity contribution in [2.45, 2.75) is 12.5 Å². The van der Waals surface area contributed by atoms with E-state index in [0.29, 0.717) is 22.3 Å². The first-order chi connectivity index (χ1) is 8.54. The molecule has 1 amide bonds. The Labute approximate surface area is 128 Å². The van der Waals surface area contributed by atoms with Crippen LogP contribution in [0.25, 0.3) is 0 Å². The summed E-state index contributed by atoms with van der Waals surface area (Å²) in [4.78, 5) is 13.9. The van der Waals surface area contributed by atoms with Crippen molar-refractivity contribution in [3.63, 3.8) is 0 Å². The van der Waals surface area contributed by atoms with Crippen LogP contribution in [0.5, 0.6) is 0 Å². The fourth-order valence-corrected chi connectivity index (χ4v) is 2.33. The van der Waals surface area contributed by atoms with Gasteiger partial charge in [-0.05, 0) is 24.6 Å². The summed E-state index contributed by atoms with van der Waals surface area (Å²) in [5.41, 5.74) is 6.32. The molecule has 0 saturated carbocycles. The number of hydrogen-bond donors (Lipinski definition) is 2. The number of hydrogen-bond acceptors (Lipinski definition) is 3. The highest BCUT2D eigenvalue weighted by atomic mass is 35.5. The van der Waals surface area contributed by atoms with E-state index in [1.54, 1.807) is 18.2 Å². The number of rotatable bonds is 3. The van der Waals surface area contributed by atoms with Crippen LogP contribution in [0.2, 0.25) is 10.0 Å². The third-order valence-corrected chi connectivity index (χ3v) is 3.44. The second-order valence-electron chi connectivity index (χ2n) is 4.46. The van der Waals surface area contributed by atoms with Gasteiger partial charge in [0.25, 0.3) is 0 Å². The van der Waals surface area contributed by atoms with Crippen LogP contribution in [0.4, 0.5) is 5.69 Å². The maximum absolute atomic E-state index is 11.8. The first kappa shape index (κ1) is 16.5. The number of amides is 1. The van der Waals surface area contributed by atoms with E-state index < -0.39 is 0 Å². The molecule has 1 saturated heterocycles. The number of benzene rings is 1. The van der Waals surface area contributed by atoms with Crippen molar-refractivity contribution in [3.05, 3.63) is 28.2 Å². The third-order valence-electron chi connectivity index (χ3n) is 2.88. The molecule has 2 rings (SSSR count). The van der Waals surface area contributed by atoms with Crippen LogP contribution < -0.4 is 11.1 Å². The van der Waals surface area contributed by atoms with E-state index in [0.717, 1.165) is 19.5 Å². The summed E-state index contributed by atoms with van der Waals surface area (Å²) in [6, 6.07) is 5.15. The van der Waals surface area contributed by atoms with Crippen LogP contribution in [0.1, 0.15) is 6.42 Å². The Morgan fingerprint density at radius 2 is 2.21 bits per heavy atom. The minimum absolute atomic E-state index is 0. The zero-order valence-electron chi connectivity index (χ0n) is 10.2. The molecule has 1 atom stereocenters. The topological polar surface area (TPSA) is 58.4 Å². The zero-order valence-corrected chi connectivity index (χ0v) is 12.6. The lowest BCUT2D eigenvalue weighted by Gasteiger charge is -2.15. The van der Waals surface area contributed by atoms with Gasteiger partial charge in [0.1, 0.15) is 0 Å². The van der Waals surface area contributed by atoms with Gasteiger partial charge in [-0.2, -0.15) is 0 Å². The van der Waals surface area contributed by atoms with Gasteiger partial charge in [0.05, 0.1) is 17.3 Å². The number of carbonyl (C=O) groups is 1. The highest BCUT2D eigenvalue weighted by molar-refractivity contribution is 6.35. The number of likely N-dealkylation sites (tertiary alicyclic amines) is 1. The van der Waals surface area contributed by atoms with Crippen molar-refractivity contribution in [2.24, 2.45) is 5.73 Å². The smallest absolute Gasteiger partial charge is 0.238 e. The Hall–Kier alpha value is -0.520. The van der Waals surface area contributed by atoms with Crippen LogP contribution in [-0.2, 0) is 4.79 Å². The van der Waals surface area contributed by atoms with E-state index in [1.807, 2.05) is 4.90 Å². The molecule has 1 heterocycles. The molecule has 0 unspecified atom stereocenters. The third kappa shape index (κ3) is 4.82. The molecule has 3 N–H and O–H groups in total. The first-order valence-electron chi connectivity index (χ1n) is 5.77. The molecular weight excluding hydrogens is 309 g/mol. The van der Waals surface area contributed by atoms with Crippen molar-refractivity contribution in [2.75, 3.05) is 25.0 Å². The Bertz CT molecular complexity index is 456. The van der Waals surface area contributed by atoms with E-state index in [1.165, 1.54) is 0 Å². The van der Waals surface area contributed by atoms with Gasteiger partial charge in [-0.3, -0.25) is 9.69 Å². The molecule has 4 nitrogen and oxygen atoms in total. The van der Waals surface area contributed by atoms with Crippen molar-refractivity contribution in [1.29, 1.82) is 0 Å². The molecule has 1 fully saturated rings. The second kappa shape index (κ2) is 7.31. The molecule has 1 aromatic carbocycles. The number of halogens is 3. The van der Waals surface area contributed by atoms with Gasteiger partial charge in [-0.1, -0.05) is 23.2 Å². The van der Waals surface area contributed by atoms with E-state index in [2.05, 4.69) is 5.32 Å². The SMILES string of the molecule is Cl.N[C@H]1CCN(CC(=O)Nc2cc(Cl)ccc2Cl)C1. The predicted molar refractivity (Wildman–Crippen MR) is 81.4 cm³/mol. The van der Waals surface area contributed by atoms with E-state index in [9.17, 15) is 4.79 Å². The van der Waals surface area contributed by atoms with Gasteiger partial charge in [-0.25, -0.2) is 0 Å². The Morgan fingerprint density at radius 3 is 2.84 bits per heavy atom. The largest absolute Gasteiger partial charge is 0.326 e. The second-order valence-corrected chi connectivity index (χ2v) is 5.30. The summed E-state index contributed by atoms with van der Waals surface area (Å²) >= 11 is 11.8. The fraction of sp³-hybridized carbons (Fsp3) is 0.417. The highest BCUT2D eigenvalue weighted by Crippen LogP contribution is 2.25. The Kier molecular flexibility index (Phi) is 6.36. The van der Waals surface area contributed by atoms with Gasteiger partial charge in [0.15, 0.2) is 0 Å². The lowest BCUT2D eigenvalue weighted by molar-refractivity contribution is -0.117. The van der Waals surface area contributed by atoms with E-state index in [4.69, 9.17) is 28.9 Å². The van der Waals surface area contributed by atoms with Gasteiger partial charge in [0, 0.05) is 24.2 Å². The minimum Gasteiger partial charge on any atom is -0.326 e. The molecule has 0 bridgehead atoms. The summed E-state index contributed by atoms with van der Waals surface area (Å²) in [6.45, 7) is 1.95. The summed E-state index contributed by atoms with van der Waals surface area (Å²) in [7, 11) is 0. The molecule has 19 heavy (non-hydrogen) atoms. The molecule has 0 spiro atoms. The van der Waals surface area contributed by atoms with Gasteiger partial charge >= 0.3 is 0 Å². The normalized spacial score (nSPS) is 19.0. The predicted octanol–water partition coefficient (Wildman–Crippen LogP) is 2.39. The number of carbonyl (C=O) groups excluding carboxylic acids is 1. The van der Waals surface area contributed by atoms with Gasteiger partial charge in [0.2, 0.25) is 5.91 Å². The van der Waals surface area contributed by atoms with Crippen molar-refractivity contribution < 1.29 is 4.79 Å². The molecule has 0 radical (unpaired) electrons. The molecule has 7 heteroatoms. The molecule has 1 aliphatic rings. The van der Waals surface area contributed by atoms with Crippen molar-refractivity contribution in [3.8, 4) is 0 Å². The van der Waals surface area contributed by atoms with E-state index in [-0.39, 0.29) is 24.4 Å². The van der Waals surface area contributed by atoms with Crippen molar-refractivity contribution >= 4 is 47.2 Å². The van der Waals surface area contributed by atoms with Gasteiger partial charge in [-0.15, -0.1) is 12.4 Å². The van der Waals surface area contributed by atoms with Crippen LogP contribution in [0.3, 0.4) is 0 Å². The quantitative estimate of drug-likeness (QED) is 0.897. The number of nitrogens with two attached hydrogens (primary N) is 1. The highest BCUT2D eigenvalue weighted by Gasteiger charge is 2.21. The number of nitrogens with one attached hydrogen (secondary N) is 1. The van der Waals surface area contributed by atoms with Gasteiger partial charge < -0.3 is 11.1 Å². The van der Waals surface area contributed by atoms with E-state index >= 15 is 0 Å². The van der Waals surface area contributed by atoms with Crippen LogP contribution >= 0.6 is 35.6 Å². The first-order valence-corrected chi connectivity index (χ1v) is 6.53. The number of nitrogens with zero attached hydrogens (tertiary/aromatic N) is 1. The summed E-state index contributed by atoms with van der Waals surface area (Å²) < 4.78 is 0. The minimum atomic E-state index is -0.103. The molecule has 1 aliphatic heterocycles. The van der Waals surface area contributed by atoms with Crippen molar-refractivity contribution in [1.82, 2.24) is 4.90 Å².